The highest BCUT2D eigenvalue weighted by atomic mass is 14.9. The second kappa shape index (κ2) is 5.83. The van der Waals surface area contributed by atoms with Crippen molar-refractivity contribution in [1.82, 2.24) is 10.3 Å². The summed E-state index contributed by atoms with van der Waals surface area (Å²) in [5, 5.41) is 8.00. The van der Waals surface area contributed by atoms with Crippen molar-refractivity contribution < 1.29 is 0 Å². The molecule has 0 aliphatic heterocycles. The smallest absolute Gasteiger partial charge is 0.0726 e. The fourth-order valence-electron chi connectivity index (χ4n) is 2.00. The van der Waals surface area contributed by atoms with Crippen LogP contribution in [0.15, 0.2) is 30.3 Å². The van der Waals surface area contributed by atoms with Crippen LogP contribution in [0.4, 0.5) is 5.69 Å². The van der Waals surface area contributed by atoms with Gasteiger partial charge in [-0.3, -0.25) is 4.98 Å². The molecule has 0 saturated heterocycles. The fraction of sp³-hybridized carbons (Fsp3) is 0.400. The minimum absolute atomic E-state index is 0.419. The Morgan fingerprint density at radius 2 is 2.00 bits per heavy atom. The third kappa shape index (κ3) is 2.99. The zero-order valence-electron chi connectivity index (χ0n) is 11.3. The van der Waals surface area contributed by atoms with E-state index in [1.807, 2.05) is 6.07 Å². The molecule has 2 aromatic rings. The Morgan fingerprint density at radius 3 is 2.72 bits per heavy atom. The third-order valence-corrected chi connectivity index (χ3v) is 2.77. The van der Waals surface area contributed by atoms with Crippen LogP contribution in [0.1, 0.15) is 26.5 Å². The largest absolute Gasteiger partial charge is 0.382 e. The van der Waals surface area contributed by atoms with Crippen molar-refractivity contribution in [3.8, 4) is 0 Å². The number of nitrogens with one attached hydrogen (secondary N) is 2. The Kier molecular flexibility index (Phi) is 4.15. The highest BCUT2D eigenvalue weighted by molar-refractivity contribution is 5.91. The Bertz CT molecular complexity index is 520. The van der Waals surface area contributed by atoms with Gasteiger partial charge in [-0.25, -0.2) is 0 Å². The standard InChI is InChI=1S/C15H21N3/c1-4-16-10-12-9-15(17-11(2)3)13-7-5-6-8-14(13)18-12/h5-9,11,16H,4,10H2,1-3H3,(H,17,18). The zero-order valence-corrected chi connectivity index (χ0v) is 11.3. The molecule has 0 bridgehead atoms. The number of pyridine rings is 1. The first-order valence-corrected chi connectivity index (χ1v) is 6.56. The van der Waals surface area contributed by atoms with Crippen LogP contribution in [-0.2, 0) is 6.54 Å². The highest BCUT2D eigenvalue weighted by Crippen LogP contribution is 2.23. The Labute approximate surface area is 109 Å². The summed E-state index contributed by atoms with van der Waals surface area (Å²) >= 11 is 0. The summed E-state index contributed by atoms with van der Waals surface area (Å²) in [6.45, 7) is 8.18. The number of para-hydroxylation sites is 1. The van der Waals surface area contributed by atoms with Crippen molar-refractivity contribution in [2.75, 3.05) is 11.9 Å². The maximum absolute atomic E-state index is 4.68. The lowest BCUT2D eigenvalue weighted by molar-refractivity contribution is 0.713. The summed E-state index contributed by atoms with van der Waals surface area (Å²) in [5.74, 6) is 0. The summed E-state index contributed by atoms with van der Waals surface area (Å²) in [5.41, 5.74) is 3.30. The summed E-state index contributed by atoms with van der Waals surface area (Å²) in [7, 11) is 0. The molecule has 1 aromatic carbocycles. The molecule has 1 heterocycles. The number of aromatic nitrogens is 1. The number of fused-ring (bicyclic) bond motifs is 1. The fourth-order valence-corrected chi connectivity index (χ4v) is 2.00. The highest BCUT2D eigenvalue weighted by Gasteiger charge is 2.06. The summed E-state index contributed by atoms with van der Waals surface area (Å²) in [4.78, 5) is 4.68. The van der Waals surface area contributed by atoms with E-state index < -0.39 is 0 Å². The molecule has 3 nitrogen and oxygen atoms in total. The third-order valence-electron chi connectivity index (χ3n) is 2.77. The van der Waals surface area contributed by atoms with E-state index in [0.29, 0.717) is 6.04 Å². The number of nitrogens with zero attached hydrogens (tertiary/aromatic N) is 1. The summed E-state index contributed by atoms with van der Waals surface area (Å²) < 4.78 is 0. The van der Waals surface area contributed by atoms with Crippen LogP contribution < -0.4 is 10.6 Å². The lowest BCUT2D eigenvalue weighted by atomic mass is 10.1. The molecule has 2 N–H and O–H groups in total. The van der Waals surface area contributed by atoms with E-state index in [1.54, 1.807) is 0 Å². The minimum Gasteiger partial charge on any atom is -0.382 e. The number of benzene rings is 1. The minimum atomic E-state index is 0.419. The maximum Gasteiger partial charge on any atom is 0.0726 e. The van der Waals surface area contributed by atoms with Crippen LogP contribution >= 0.6 is 0 Å². The number of rotatable bonds is 5. The predicted molar refractivity (Wildman–Crippen MR) is 77.9 cm³/mol. The molecule has 0 fully saturated rings. The van der Waals surface area contributed by atoms with Gasteiger partial charge < -0.3 is 10.6 Å². The van der Waals surface area contributed by atoms with Gasteiger partial charge in [0.05, 0.1) is 11.2 Å². The van der Waals surface area contributed by atoms with Crippen molar-refractivity contribution >= 4 is 16.6 Å². The van der Waals surface area contributed by atoms with Crippen LogP contribution in [0.25, 0.3) is 10.9 Å². The topological polar surface area (TPSA) is 37.0 Å². The number of anilines is 1. The molecule has 3 heteroatoms. The molecular weight excluding hydrogens is 222 g/mol. The first kappa shape index (κ1) is 12.8. The van der Waals surface area contributed by atoms with Gasteiger partial charge in [0.2, 0.25) is 0 Å². The van der Waals surface area contributed by atoms with E-state index in [0.717, 1.165) is 24.3 Å². The molecular formula is C15H21N3. The van der Waals surface area contributed by atoms with Crippen molar-refractivity contribution in [1.29, 1.82) is 0 Å². The summed E-state index contributed by atoms with van der Waals surface area (Å²) in [6.07, 6.45) is 0. The van der Waals surface area contributed by atoms with Gasteiger partial charge in [-0.1, -0.05) is 25.1 Å². The van der Waals surface area contributed by atoms with Gasteiger partial charge in [-0.05, 0) is 32.5 Å². The first-order valence-electron chi connectivity index (χ1n) is 6.56. The summed E-state index contributed by atoms with van der Waals surface area (Å²) in [6, 6.07) is 10.8. The molecule has 0 spiro atoms. The molecule has 0 aliphatic carbocycles. The van der Waals surface area contributed by atoms with E-state index in [-0.39, 0.29) is 0 Å². The van der Waals surface area contributed by atoms with Gasteiger partial charge in [-0.2, -0.15) is 0 Å². The van der Waals surface area contributed by atoms with Gasteiger partial charge in [0.1, 0.15) is 0 Å². The van der Waals surface area contributed by atoms with Crippen molar-refractivity contribution in [2.45, 2.75) is 33.4 Å². The molecule has 0 amide bonds. The van der Waals surface area contributed by atoms with Crippen molar-refractivity contribution in [2.24, 2.45) is 0 Å². The number of hydrogen-bond donors (Lipinski definition) is 2. The predicted octanol–water partition coefficient (Wildman–Crippen LogP) is 3.16. The monoisotopic (exact) mass is 243 g/mol. The molecule has 96 valence electrons. The van der Waals surface area contributed by atoms with Gasteiger partial charge in [-0.15, -0.1) is 0 Å². The lowest BCUT2D eigenvalue weighted by Crippen LogP contribution is -2.15. The molecule has 0 atom stereocenters. The average molecular weight is 243 g/mol. The molecule has 0 radical (unpaired) electrons. The van der Waals surface area contributed by atoms with Crippen LogP contribution in [-0.4, -0.2) is 17.6 Å². The van der Waals surface area contributed by atoms with E-state index in [1.165, 1.54) is 11.1 Å². The van der Waals surface area contributed by atoms with Crippen LogP contribution in [0.2, 0.25) is 0 Å². The number of hydrogen-bond acceptors (Lipinski definition) is 3. The second-order valence-electron chi connectivity index (χ2n) is 4.76. The maximum atomic E-state index is 4.68. The van der Waals surface area contributed by atoms with Crippen molar-refractivity contribution in [3.63, 3.8) is 0 Å². The Hall–Kier alpha value is -1.61. The van der Waals surface area contributed by atoms with Crippen LogP contribution in [0.5, 0.6) is 0 Å². The van der Waals surface area contributed by atoms with E-state index in [4.69, 9.17) is 0 Å². The molecule has 1 aromatic heterocycles. The quantitative estimate of drug-likeness (QED) is 0.847. The zero-order chi connectivity index (χ0) is 13.0. The molecule has 0 aliphatic rings. The first-order chi connectivity index (χ1) is 8.70. The Balaban J connectivity index is 2.43. The molecule has 0 saturated carbocycles. The molecule has 18 heavy (non-hydrogen) atoms. The molecule has 2 rings (SSSR count). The van der Waals surface area contributed by atoms with Crippen LogP contribution in [0, 0.1) is 0 Å². The van der Waals surface area contributed by atoms with Gasteiger partial charge in [0, 0.05) is 23.7 Å². The van der Waals surface area contributed by atoms with E-state index >= 15 is 0 Å². The molecule has 0 unspecified atom stereocenters. The normalized spacial score (nSPS) is 11.1. The van der Waals surface area contributed by atoms with Gasteiger partial charge in [0.25, 0.3) is 0 Å². The lowest BCUT2D eigenvalue weighted by Gasteiger charge is -2.14. The van der Waals surface area contributed by atoms with E-state index in [9.17, 15) is 0 Å². The Morgan fingerprint density at radius 1 is 1.22 bits per heavy atom. The SMILES string of the molecule is CCNCc1cc(NC(C)C)c2ccccc2n1. The van der Waals surface area contributed by atoms with Crippen LogP contribution in [0.3, 0.4) is 0 Å². The second-order valence-corrected chi connectivity index (χ2v) is 4.76. The van der Waals surface area contributed by atoms with E-state index in [2.05, 4.69) is 60.7 Å². The average Bonchev–Trinajstić information content (AvgIpc) is 2.35. The van der Waals surface area contributed by atoms with Gasteiger partial charge in [0.15, 0.2) is 0 Å². The van der Waals surface area contributed by atoms with Crippen molar-refractivity contribution in [3.05, 3.63) is 36.0 Å². The van der Waals surface area contributed by atoms with Gasteiger partial charge >= 0.3 is 0 Å².